The summed E-state index contributed by atoms with van der Waals surface area (Å²) in [5.41, 5.74) is 0.229. The molecule has 2 saturated heterocycles. The van der Waals surface area contributed by atoms with Gasteiger partial charge in [-0.2, -0.15) is 0 Å². The summed E-state index contributed by atoms with van der Waals surface area (Å²) in [6.07, 6.45) is -0.928. The molecule has 0 bridgehead atoms. The zero-order valence-corrected chi connectivity index (χ0v) is 19.8. The normalized spacial score (nSPS) is 23.9. The summed E-state index contributed by atoms with van der Waals surface area (Å²) in [7, 11) is 0. The molecule has 2 fully saturated rings. The molecule has 0 radical (unpaired) electrons. The predicted octanol–water partition coefficient (Wildman–Crippen LogP) is 4.09. The maximum absolute atomic E-state index is 14.0. The number of aryl methyl sites for hydroxylation is 1. The average molecular weight is 482 g/mol. The minimum Gasteiger partial charge on any atom is -0.494 e. The Labute approximate surface area is 207 Å². The van der Waals surface area contributed by atoms with Crippen LogP contribution in [0, 0.1) is 18.8 Å². The van der Waals surface area contributed by atoms with Gasteiger partial charge >= 0.3 is 0 Å². The van der Waals surface area contributed by atoms with Crippen LogP contribution in [0.1, 0.15) is 44.9 Å². The lowest BCUT2D eigenvalue weighted by atomic mass is 9.77. The molecule has 3 aromatic rings. The first-order valence-corrected chi connectivity index (χ1v) is 11.9. The Balaban J connectivity index is 1.51. The topological polar surface area (TPSA) is 90.0 Å². The van der Waals surface area contributed by atoms with Crippen LogP contribution in [0.15, 0.2) is 72.8 Å². The molecule has 1 spiro atoms. The largest absolute Gasteiger partial charge is 0.494 e. The van der Waals surface area contributed by atoms with E-state index in [0.29, 0.717) is 23.6 Å². The van der Waals surface area contributed by atoms with Crippen molar-refractivity contribution < 1.29 is 28.7 Å². The molecule has 7 heteroatoms. The van der Waals surface area contributed by atoms with E-state index in [4.69, 9.17) is 9.47 Å². The van der Waals surface area contributed by atoms with Crippen molar-refractivity contribution in [2.75, 3.05) is 11.5 Å². The molecule has 1 aliphatic carbocycles. The highest BCUT2D eigenvalue weighted by molar-refractivity contribution is 6.37. The lowest BCUT2D eigenvalue weighted by Gasteiger charge is -2.27. The Morgan fingerprint density at radius 2 is 1.44 bits per heavy atom. The third kappa shape index (κ3) is 2.83. The fraction of sp³-hybridized carbons (Fsp3) is 0.241. The Morgan fingerprint density at radius 3 is 2.06 bits per heavy atom. The number of imide groups is 1. The van der Waals surface area contributed by atoms with Crippen molar-refractivity contribution in [3.05, 3.63) is 95.1 Å². The highest BCUT2D eigenvalue weighted by Gasteiger charge is 2.74. The number of benzene rings is 3. The van der Waals surface area contributed by atoms with E-state index in [2.05, 4.69) is 0 Å². The molecule has 0 N–H and O–H groups in total. The first-order chi connectivity index (χ1) is 17.4. The van der Waals surface area contributed by atoms with Crippen molar-refractivity contribution in [3.63, 3.8) is 0 Å². The lowest BCUT2D eigenvalue weighted by Crippen LogP contribution is -2.51. The fourth-order valence-corrected chi connectivity index (χ4v) is 5.82. The Kier molecular flexibility index (Phi) is 4.95. The second-order valence-corrected chi connectivity index (χ2v) is 9.28. The standard InChI is InChI=1S/C29H23NO6/c1-3-35-18-14-12-17(13-15-18)30-27(33)22-23(28(30)34)29(36-24(22)19-9-5-4-8-16(19)2)25(31)20-10-6-7-11-21(20)26(29)32/h4-15,22-24H,3H2,1-2H3/t22-,23+,24-/m0/s1. The van der Waals surface area contributed by atoms with E-state index in [1.165, 1.54) is 0 Å². The molecule has 6 rings (SSSR count). The average Bonchev–Trinajstić information content (AvgIpc) is 3.45. The highest BCUT2D eigenvalue weighted by Crippen LogP contribution is 2.58. The maximum Gasteiger partial charge on any atom is 0.241 e. The fourth-order valence-electron chi connectivity index (χ4n) is 5.82. The second kappa shape index (κ2) is 7.96. The summed E-state index contributed by atoms with van der Waals surface area (Å²) >= 11 is 0. The number of fused-ring (bicyclic) bond motifs is 3. The van der Waals surface area contributed by atoms with Crippen molar-refractivity contribution in [2.24, 2.45) is 11.8 Å². The molecule has 3 aliphatic rings. The van der Waals surface area contributed by atoms with Gasteiger partial charge in [-0.3, -0.25) is 19.2 Å². The maximum atomic E-state index is 14.0. The molecule has 0 aromatic heterocycles. The van der Waals surface area contributed by atoms with Crippen LogP contribution in [0.5, 0.6) is 5.75 Å². The van der Waals surface area contributed by atoms with E-state index in [1.807, 2.05) is 38.1 Å². The van der Waals surface area contributed by atoms with Gasteiger partial charge in [0.05, 0.1) is 30.2 Å². The summed E-state index contributed by atoms with van der Waals surface area (Å²) in [5, 5.41) is 0. The van der Waals surface area contributed by atoms with Gasteiger partial charge in [-0.1, -0.05) is 48.5 Å². The number of carbonyl (C=O) groups is 4. The smallest absolute Gasteiger partial charge is 0.241 e. The molecule has 3 atom stereocenters. The summed E-state index contributed by atoms with van der Waals surface area (Å²) < 4.78 is 11.8. The monoisotopic (exact) mass is 481 g/mol. The van der Waals surface area contributed by atoms with Crippen molar-refractivity contribution in [2.45, 2.75) is 25.6 Å². The van der Waals surface area contributed by atoms with E-state index in [-0.39, 0.29) is 11.1 Å². The number of anilines is 1. The van der Waals surface area contributed by atoms with E-state index < -0.39 is 46.9 Å². The van der Waals surface area contributed by atoms with E-state index in [9.17, 15) is 19.2 Å². The van der Waals surface area contributed by atoms with Gasteiger partial charge in [0.15, 0.2) is 0 Å². The van der Waals surface area contributed by atoms with Gasteiger partial charge in [-0.25, -0.2) is 4.90 Å². The van der Waals surface area contributed by atoms with Crippen molar-refractivity contribution in [1.82, 2.24) is 0 Å². The molecular formula is C29H23NO6. The van der Waals surface area contributed by atoms with Crippen molar-refractivity contribution >= 4 is 29.1 Å². The van der Waals surface area contributed by atoms with Crippen molar-refractivity contribution in [1.29, 1.82) is 0 Å². The van der Waals surface area contributed by atoms with Gasteiger partial charge in [-0.05, 0) is 49.2 Å². The molecule has 0 saturated carbocycles. The molecule has 2 heterocycles. The number of carbonyl (C=O) groups excluding carboxylic acids is 4. The second-order valence-electron chi connectivity index (χ2n) is 9.28. The van der Waals surface area contributed by atoms with Gasteiger partial charge in [0.2, 0.25) is 29.0 Å². The van der Waals surface area contributed by atoms with Crippen LogP contribution in [0.3, 0.4) is 0 Å². The number of hydrogen-bond donors (Lipinski definition) is 0. The number of ether oxygens (including phenoxy) is 2. The van der Waals surface area contributed by atoms with Crippen LogP contribution >= 0.6 is 0 Å². The molecule has 36 heavy (non-hydrogen) atoms. The molecule has 180 valence electrons. The third-order valence-electron chi connectivity index (χ3n) is 7.42. The van der Waals surface area contributed by atoms with Gasteiger partial charge in [0.25, 0.3) is 0 Å². The summed E-state index contributed by atoms with van der Waals surface area (Å²) in [6.45, 7) is 4.21. The van der Waals surface area contributed by atoms with Gasteiger partial charge in [0.1, 0.15) is 5.75 Å². The zero-order chi connectivity index (χ0) is 25.2. The van der Waals surface area contributed by atoms with Crippen molar-refractivity contribution in [3.8, 4) is 5.75 Å². The van der Waals surface area contributed by atoms with Gasteiger partial charge in [-0.15, -0.1) is 0 Å². The van der Waals surface area contributed by atoms with Crippen LogP contribution in [-0.4, -0.2) is 35.6 Å². The van der Waals surface area contributed by atoms with Crippen LogP contribution < -0.4 is 9.64 Å². The SMILES string of the molecule is CCOc1ccc(N2C(=O)[C@@H]3[C@H](c4ccccc4C)OC4(C(=O)c5ccccc5C4=O)[C@H]3C2=O)cc1. The predicted molar refractivity (Wildman–Crippen MR) is 130 cm³/mol. The molecule has 3 aromatic carbocycles. The molecule has 2 aliphatic heterocycles. The number of Topliss-reactive ketones (excluding diaryl/α,β-unsaturated/α-hetero) is 2. The van der Waals surface area contributed by atoms with Gasteiger partial charge in [0, 0.05) is 11.1 Å². The highest BCUT2D eigenvalue weighted by atomic mass is 16.5. The summed E-state index contributed by atoms with van der Waals surface area (Å²) in [5.74, 6) is -3.92. The Bertz CT molecular complexity index is 1410. The van der Waals surface area contributed by atoms with Crippen LogP contribution in [0.2, 0.25) is 0 Å². The summed E-state index contributed by atoms with van der Waals surface area (Å²) in [4.78, 5) is 56.6. The van der Waals surface area contributed by atoms with Crippen LogP contribution in [0.25, 0.3) is 0 Å². The molecule has 0 unspecified atom stereocenters. The van der Waals surface area contributed by atoms with E-state index >= 15 is 0 Å². The number of hydrogen-bond acceptors (Lipinski definition) is 6. The van der Waals surface area contributed by atoms with Crippen LogP contribution in [0.4, 0.5) is 5.69 Å². The van der Waals surface area contributed by atoms with E-state index in [0.717, 1.165) is 10.5 Å². The number of nitrogens with zero attached hydrogens (tertiary/aromatic N) is 1. The minimum absolute atomic E-state index is 0.214. The third-order valence-corrected chi connectivity index (χ3v) is 7.42. The number of amides is 2. The molecule has 2 amide bonds. The summed E-state index contributed by atoms with van der Waals surface area (Å²) in [6, 6.07) is 20.4. The first-order valence-electron chi connectivity index (χ1n) is 11.9. The quantitative estimate of drug-likeness (QED) is 0.412. The molecule has 7 nitrogen and oxygen atoms in total. The van der Waals surface area contributed by atoms with E-state index in [1.54, 1.807) is 48.5 Å². The lowest BCUT2D eigenvalue weighted by molar-refractivity contribution is -0.127. The molecular weight excluding hydrogens is 458 g/mol. The van der Waals surface area contributed by atoms with Crippen LogP contribution in [-0.2, 0) is 14.3 Å². The number of rotatable bonds is 4. The zero-order valence-electron chi connectivity index (χ0n) is 19.8. The number of ketones is 2. The van der Waals surface area contributed by atoms with Gasteiger partial charge < -0.3 is 9.47 Å². The Hall–Kier alpha value is -4.10. The minimum atomic E-state index is -2.08. The Morgan fingerprint density at radius 1 is 0.833 bits per heavy atom. The first kappa shape index (κ1) is 22.4.